The van der Waals surface area contributed by atoms with Gasteiger partial charge in [0.25, 0.3) is 5.91 Å². The van der Waals surface area contributed by atoms with Gasteiger partial charge in [0.1, 0.15) is 0 Å². The highest BCUT2D eigenvalue weighted by atomic mass is 32.2. The van der Waals surface area contributed by atoms with Crippen LogP contribution in [0.25, 0.3) is 0 Å². The molecule has 2 amide bonds. The lowest BCUT2D eigenvalue weighted by molar-refractivity contribution is -0.113. The Morgan fingerprint density at radius 1 is 1.23 bits per heavy atom. The second-order valence-corrected chi connectivity index (χ2v) is 7.40. The minimum atomic E-state index is -0.108. The fraction of sp³-hybridized carbons (Fsp3) is 0.300. The molecule has 5 nitrogen and oxygen atoms in total. The molecule has 1 aliphatic heterocycles. The summed E-state index contributed by atoms with van der Waals surface area (Å²) >= 11 is 1.49. The van der Waals surface area contributed by atoms with Gasteiger partial charge in [-0.3, -0.25) is 9.59 Å². The van der Waals surface area contributed by atoms with Crippen molar-refractivity contribution >= 4 is 29.3 Å². The Morgan fingerprint density at radius 2 is 2.04 bits per heavy atom. The third-order valence-corrected chi connectivity index (χ3v) is 5.25. The SMILES string of the molecule is CN(CCCNC(=O)c1ccc2c(c1)NC(=O)CS2)Cc1ccccc1. The van der Waals surface area contributed by atoms with E-state index in [0.717, 1.165) is 30.1 Å². The van der Waals surface area contributed by atoms with Crippen LogP contribution in [-0.4, -0.2) is 42.6 Å². The van der Waals surface area contributed by atoms with Crippen LogP contribution in [0.2, 0.25) is 0 Å². The number of hydrogen-bond acceptors (Lipinski definition) is 4. The molecule has 1 aliphatic rings. The van der Waals surface area contributed by atoms with Crippen LogP contribution in [0.15, 0.2) is 53.4 Å². The van der Waals surface area contributed by atoms with Gasteiger partial charge in [0.05, 0.1) is 11.4 Å². The molecule has 0 bridgehead atoms. The summed E-state index contributed by atoms with van der Waals surface area (Å²) < 4.78 is 0. The summed E-state index contributed by atoms with van der Waals surface area (Å²) in [6.07, 6.45) is 0.882. The maximum Gasteiger partial charge on any atom is 0.251 e. The zero-order chi connectivity index (χ0) is 18.4. The van der Waals surface area contributed by atoms with Gasteiger partial charge in [-0.2, -0.15) is 0 Å². The minimum Gasteiger partial charge on any atom is -0.352 e. The van der Waals surface area contributed by atoms with Crippen molar-refractivity contribution < 1.29 is 9.59 Å². The normalized spacial score (nSPS) is 13.2. The summed E-state index contributed by atoms with van der Waals surface area (Å²) in [5, 5.41) is 5.77. The Balaban J connectivity index is 1.43. The van der Waals surface area contributed by atoms with E-state index in [-0.39, 0.29) is 11.8 Å². The predicted molar refractivity (Wildman–Crippen MR) is 106 cm³/mol. The van der Waals surface area contributed by atoms with Gasteiger partial charge < -0.3 is 15.5 Å². The number of carbonyl (C=O) groups is 2. The highest BCUT2D eigenvalue weighted by Gasteiger charge is 2.17. The molecule has 0 unspecified atom stereocenters. The summed E-state index contributed by atoms with van der Waals surface area (Å²) in [7, 11) is 2.08. The molecular formula is C20H23N3O2S. The number of nitrogens with one attached hydrogen (secondary N) is 2. The fourth-order valence-electron chi connectivity index (χ4n) is 2.85. The summed E-state index contributed by atoms with van der Waals surface area (Å²) in [6.45, 7) is 2.43. The third kappa shape index (κ3) is 5.09. The van der Waals surface area contributed by atoms with E-state index < -0.39 is 0 Å². The van der Waals surface area contributed by atoms with Gasteiger partial charge in [-0.05, 0) is 43.8 Å². The summed E-state index contributed by atoms with van der Waals surface area (Å²) in [5.41, 5.74) is 2.58. The Morgan fingerprint density at radius 3 is 2.85 bits per heavy atom. The average Bonchev–Trinajstić information content (AvgIpc) is 2.65. The van der Waals surface area contributed by atoms with E-state index in [4.69, 9.17) is 0 Å². The molecule has 26 heavy (non-hydrogen) atoms. The first-order valence-corrected chi connectivity index (χ1v) is 9.68. The van der Waals surface area contributed by atoms with Gasteiger partial charge in [-0.1, -0.05) is 30.3 Å². The predicted octanol–water partition coefficient (Wildman–Crippen LogP) is 2.98. The van der Waals surface area contributed by atoms with Gasteiger partial charge >= 0.3 is 0 Å². The standard InChI is InChI=1S/C20H23N3O2S/c1-23(13-15-6-3-2-4-7-15)11-5-10-21-20(25)16-8-9-18-17(12-16)22-19(24)14-26-18/h2-4,6-9,12H,5,10-11,13-14H2,1H3,(H,21,25)(H,22,24). The van der Waals surface area contributed by atoms with Crippen molar-refractivity contribution in [2.24, 2.45) is 0 Å². The third-order valence-electron chi connectivity index (χ3n) is 4.17. The lowest BCUT2D eigenvalue weighted by Gasteiger charge is -2.18. The molecule has 0 aromatic heterocycles. The number of carbonyl (C=O) groups excluding carboxylic acids is 2. The van der Waals surface area contributed by atoms with E-state index in [2.05, 4.69) is 34.7 Å². The summed E-state index contributed by atoms with van der Waals surface area (Å²) in [4.78, 5) is 27.0. The van der Waals surface area contributed by atoms with Crippen molar-refractivity contribution in [1.29, 1.82) is 0 Å². The van der Waals surface area contributed by atoms with E-state index in [1.807, 2.05) is 24.3 Å². The monoisotopic (exact) mass is 369 g/mol. The van der Waals surface area contributed by atoms with Crippen LogP contribution in [0.3, 0.4) is 0 Å². The minimum absolute atomic E-state index is 0.0264. The van der Waals surface area contributed by atoms with Crippen molar-refractivity contribution in [2.45, 2.75) is 17.9 Å². The number of benzene rings is 2. The fourth-order valence-corrected chi connectivity index (χ4v) is 3.64. The van der Waals surface area contributed by atoms with E-state index in [9.17, 15) is 9.59 Å². The smallest absolute Gasteiger partial charge is 0.251 e. The van der Waals surface area contributed by atoms with Gasteiger partial charge in [-0.15, -0.1) is 11.8 Å². The molecule has 2 aromatic carbocycles. The first kappa shape index (κ1) is 18.5. The second-order valence-electron chi connectivity index (χ2n) is 6.38. The second kappa shape index (κ2) is 8.87. The molecular weight excluding hydrogens is 346 g/mol. The molecule has 0 saturated carbocycles. The molecule has 0 spiro atoms. The Hall–Kier alpha value is -2.31. The molecule has 136 valence electrons. The molecule has 0 atom stereocenters. The van der Waals surface area contributed by atoms with E-state index in [1.165, 1.54) is 17.3 Å². The maximum absolute atomic E-state index is 12.3. The number of amides is 2. The Kier molecular flexibility index (Phi) is 6.30. The van der Waals surface area contributed by atoms with Crippen LogP contribution in [0, 0.1) is 0 Å². The van der Waals surface area contributed by atoms with Crippen molar-refractivity contribution in [3.05, 3.63) is 59.7 Å². The first-order chi connectivity index (χ1) is 12.6. The van der Waals surface area contributed by atoms with E-state index in [1.54, 1.807) is 12.1 Å². The van der Waals surface area contributed by atoms with Gasteiger partial charge in [-0.25, -0.2) is 0 Å². The van der Waals surface area contributed by atoms with Gasteiger partial charge in [0.2, 0.25) is 5.91 Å². The molecule has 0 aliphatic carbocycles. The van der Waals surface area contributed by atoms with Crippen molar-refractivity contribution in [3.63, 3.8) is 0 Å². The molecule has 2 N–H and O–H groups in total. The molecule has 0 fully saturated rings. The number of anilines is 1. The Labute approximate surface area is 158 Å². The number of nitrogens with zero attached hydrogens (tertiary/aromatic N) is 1. The molecule has 6 heteroatoms. The quantitative estimate of drug-likeness (QED) is 0.737. The van der Waals surface area contributed by atoms with Crippen LogP contribution in [0.1, 0.15) is 22.3 Å². The zero-order valence-corrected chi connectivity index (χ0v) is 15.6. The Bertz CT molecular complexity index is 780. The van der Waals surface area contributed by atoms with E-state index >= 15 is 0 Å². The van der Waals surface area contributed by atoms with Crippen LogP contribution in [-0.2, 0) is 11.3 Å². The highest BCUT2D eigenvalue weighted by Crippen LogP contribution is 2.31. The van der Waals surface area contributed by atoms with E-state index in [0.29, 0.717) is 17.9 Å². The highest BCUT2D eigenvalue weighted by molar-refractivity contribution is 8.00. The summed E-state index contributed by atoms with van der Waals surface area (Å²) in [5.74, 6) is 0.291. The molecule has 0 saturated heterocycles. The first-order valence-electron chi connectivity index (χ1n) is 8.69. The topological polar surface area (TPSA) is 61.4 Å². The van der Waals surface area contributed by atoms with Gasteiger partial charge in [0.15, 0.2) is 0 Å². The lowest BCUT2D eigenvalue weighted by atomic mass is 10.1. The van der Waals surface area contributed by atoms with Gasteiger partial charge in [0, 0.05) is 23.5 Å². The molecule has 3 rings (SSSR count). The van der Waals surface area contributed by atoms with Crippen LogP contribution in [0.5, 0.6) is 0 Å². The molecule has 1 heterocycles. The number of thioether (sulfide) groups is 1. The van der Waals surface area contributed by atoms with Crippen molar-refractivity contribution in [2.75, 3.05) is 31.2 Å². The molecule has 2 aromatic rings. The number of fused-ring (bicyclic) bond motifs is 1. The zero-order valence-electron chi connectivity index (χ0n) is 14.8. The van der Waals surface area contributed by atoms with Crippen LogP contribution >= 0.6 is 11.8 Å². The maximum atomic E-state index is 12.3. The summed E-state index contributed by atoms with van der Waals surface area (Å²) in [6, 6.07) is 15.8. The molecule has 0 radical (unpaired) electrons. The van der Waals surface area contributed by atoms with Crippen LogP contribution < -0.4 is 10.6 Å². The average molecular weight is 369 g/mol. The largest absolute Gasteiger partial charge is 0.352 e. The van der Waals surface area contributed by atoms with Crippen molar-refractivity contribution in [3.8, 4) is 0 Å². The number of rotatable bonds is 7. The van der Waals surface area contributed by atoms with Crippen molar-refractivity contribution in [1.82, 2.24) is 10.2 Å². The van der Waals surface area contributed by atoms with Crippen LogP contribution in [0.4, 0.5) is 5.69 Å². The number of hydrogen-bond donors (Lipinski definition) is 2. The lowest BCUT2D eigenvalue weighted by Crippen LogP contribution is -2.28.